The van der Waals surface area contributed by atoms with Crippen LogP contribution in [0.15, 0.2) is 29.4 Å². The van der Waals surface area contributed by atoms with Gasteiger partial charge in [-0.15, -0.1) is 0 Å². The second-order valence-corrected chi connectivity index (χ2v) is 7.72. The first-order valence-electron chi connectivity index (χ1n) is 8.97. The number of amidine groups is 1. The third-order valence-corrected chi connectivity index (χ3v) is 5.18. The molecule has 3 heterocycles. The number of ether oxygens (including phenoxy) is 1. The molecule has 3 rings (SSSR count). The summed E-state index contributed by atoms with van der Waals surface area (Å²) in [7, 11) is 0. The van der Waals surface area contributed by atoms with E-state index in [4.69, 9.17) is 27.3 Å². The molecule has 0 amide bonds. The fourth-order valence-electron chi connectivity index (χ4n) is 2.90. The summed E-state index contributed by atoms with van der Waals surface area (Å²) in [4.78, 5) is 11.6. The fourth-order valence-corrected chi connectivity index (χ4v) is 3.16. The highest BCUT2D eigenvalue weighted by atomic mass is 35.5. The predicted octanol–water partition coefficient (Wildman–Crippen LogP) is 4.53. The minimum absolute atomic E-state index is 0.0831. The number of rotatable bonds is 3. The lowest BCUT2D eigenvalue weighted by molar-refractivity contribution is -0.249. The van der Waals surface area contributed by atoms with Gasteiger partial charge < -0.3 is 10.5 Å². The normalized spacial score (nSPS) is 24.1. The number of hydrogen-bond acceptors (Lipinski definition) is 6. The van der Waals surface area contributed by atoms with Crippen molar-refractivity contribution in [2.75, 3.05) is 6.61 Å². The van der Waals surface area contributed by atoms with E-state index in [1.165, 1.54) is 13.0 Å². The SMILES string of the molecule is C[C@@]1(c2nc(/C=C(\F)c3ncc(C#N)cc3Cl)ccc2F)CO[C@@](C)(C(F)(F)F)C(N)=N1. The Labute approximate surface area is 184 Å². The van der Waals surface area contributed by atoms with Gasteiger partial charge in [0.1, 0.15) is 34.6 Å². The molecule has 2 aromatic heterocycles. The van der Waals surface area contributed by atoms with E-state index in [-0.39, 0.29) is 27.7 Å². The molecule has 6 nitrogen and oxygen atoms in total. The summed E-state index contributed by atoms with van der Waals surface area (Å²) in [5.74, 6) is -2.71. The van der Waals surface area contributed by atoms with Crippen molar-refractivity contribution in [2.45, 2.75) is 31.2 Å². The van der Waals surface area contributed by atoms with Crippen LogP contribution in [0.5, 0.6) is 0 Å². The molecule has 168 valence electrons. The van der Waals surface area contributed by atoms with E-state index in [0.717, 1.165) is 31.3 Å². The van der Waals surface area contributed by atoms with Crippen LogP contribution in [-0.2, 0) is 10.3 Å². The number of alkyl halides is 3. The summed E-state index contributed by atoms with van der Waals surface area (Å²) in [5, 5.41) is 8.70. The Balaban J connectivity index is 2.02. The molecule has 0 aliphatic carbocycles. The van der Waals surface area contributed by atoms with Gasteiger partial charge in [-0.05, 0) is 32.0 Å². The molecule has 0 spiro atoms. The van der Waals surface area contributed by atoms with Crippen LogP contribution in [0.3, 0.4) is 0 Å². The average molecular weight is 472 g/mol. The molecule has 0 saturated carbocycles. The third-order valence-electron chi connectivity index (χ3n) is 4.89. The molecule has 2 N–H and O–H groups in total. The zero-order chi connectivity index (χ0) is 23.9. The van der Waals surface area contributed by atoms with Crippen LogP contribution in [-0.4, -0.2) is 34.2 Å². The number of aliphatic imine (C=N–C) groups is 1. The maximum atomic E-state index is 14.7. The predicted molar refractivity (Wildman–Crippen MR) is 107 cm³/mol. The first-order chi connectivity index (χ1) is 14.8. The van der Waals surface area contributed by atoms with Gasteiger partial charge in [0.25, 0.3) is 0 Å². The summed E-state index contributed by atoms with van der Waals surface area (Å²) in [5.41, 5.74) is 0.403. The van der Waals surface area contributed by atoms with E-state index < -0.39 is 41.4 Å². The largest absolute Gasteiger partial charge is 0.424 e. The van der Waals surface area contributed by atoms with Crippen molar-refractivity contribution >= 4 is 29.3 Å². The van der Waals surface area contributed by atoms with Crippen molar-refractivity contribution in [3.05, 3.63) is 57.9 Å². The van der Waals surface area contributed by atoms with Crippen molar-refractivity contribution in [3.63, 3.8) is 0 Å². The van der Waals surface area contributed by atoms with Crippen LogP contribution in [0.2, 0.25) is 5.02 Å². The highest BCUT2D eigenvalue weighted by Crippen LogP contribution is 2.41. The van der Waals surface area contributed by atoms with Crippen LogP contribution in [0, 0.1) is 17.1 Å². The number of nitrogens with two attached hydrogens (primary N) is 1. The number of pyridine rings is 2. The quantitative estimate of drug-likeness (QED) is 0.663. The van der Waals surface area contributed by atoms with Crippen LogP contribution < -0.4 is 5.73 Å². The molecule has 1 aliphatic rings. The first-order valence-corrected chi connectivity index (χ1v) is 9.35. The van der Waals surface area contributed by atoms with Crippen molar-refractivity contribution < 1.29 is 26.7 Å². The van der Waals surface area contributed by atoms with Crippen LogP contribution >= 0.6 is 11.6 Å². The average Bonchev–Trinajstić information content (AvgIpc) is 2.71. The van der Waals surface area contributed by atoms with Crippen molar-refractivity contribution in [2.24, 2.45) is 10.7 Å². The molecule has 1 aliphatic heterocycles. The Hall–Kier alpha value is -3.10. The van der Waals surface area contributed by atoms with Gasteiger partial charge >= 0.3 is 6.18 Å². The van der Waals surface area contributed by atoms with Gasteiger partial charge in [0.05, 0.1) is 22.9 Å². The molecule has 0 bridgehead atoms. The van der Waals surface area contributed by atoms with Crippen LogP contribution in [0.25, 0.3) is 11.9 Å². The second kappa shape index (κ2) is 8.11. The Morgan fingerprint density at radius 3 is 2.59 bits per heavy atom. The van der Waals surface area contributed by atoms with Crippen molar-refractivity contribution in [1.82, 2.24) is 9.97 Å². The van der Waals surface area contributed by atoms with E-state index in [1.807, 2.05) is 6.07 Å². The third kappa shape index (κ3) is 4.16. The van der Waals surface area contributed by atoms with Gasteiger partial charge in [0.15, 0.2) is 5.83 Å². The van der Waals surface area contributed by atoms with Gasteiger partial charge in [0, 0.05) is 12.3 Å². The molecule has 0 unspecified atom stereocenters. The molecule has 0 fully saturated rings. The number of halogens is 6. The minimum Gasteiger partial charge on any atom is -0.385 e. The lowest BCUT2D eigenvalue weighted by Gasteiger charge is -2.40. The molecule has 0 aromatic carbocycles. The monoisotopic (exact) mass is 471 g/mol. The number of nitriles is 1. The van der Waals surface area contributed by atoms with Gasteiger partial charge in [-0.25, -0.2) is 13.8 Å². The number of nitrogens with zero attached hydrogens (tertiary/aromatic N) is 4. The molecular weight excluding hydrogens is 457 g/mol. The molecular formula is C20H15ClF5N5O. The molecule has 2 atom stereocenters. The van der Waals surface area contributed by atoms with E-state index in [9.17, 15) is 22.0 Å². The molecule has 12 heteroatoms. The van der Waals surface area contributed by atoms with E-state index in [0.29, 0.717) is 0 Å². The highest BCUT2D eigenvalue weighted by molar-refractivity contribution is 6.32. The summed E-state index contributed by atoms with van der Waals surface area (Å²) < 4.78 is 74.1. The molecule has 0 radical (unpaired) electrons. The zero-order valence-corrected chi connectivity index (χ0v) is 17.4. The lowest BCUT2D eigenvalue weighted by atomic mass is 9.93. The zero-order valence-electron chi connectivity index (χ0n) is 16.6. The van der Waals surface area contributed by atoms with Gasteiger partial charge in [-0.3, -0.25) is 9.98 Å². The van der Waals surface area contributed by atoms with Gasteiger partial charge in [-0.2, -0.15) is 18.4 Å². The topological polar surface area (TPSA) is 97.2 Å². The smallest absolute Gasteiger partial charge is 0.385 e. The van der Waals surface area contributed by atoms with E-state index in [1.54, 1.807) is 0 Å². The lowest BCUT2D eigenvalue weighted by Crippen LogP contribution is -2.60. The maximum Gasteiger partial charge on any atom is 0.424 e. The van der Waals surface area contributed by atoms with Crippen LogP contribution in [0.4, 0.5) is 22.0 Å². The van der Waals surface area contributed by atoms with E-state index in [2.05, 4.69) is 15.0 Å². The molecule has 32 heavy (non-hydrogen) atoms. The van der Waals surface area contributed by atoms with Gasteiger partial charge in [-0.1, -0.05) is 11.6 Å². The maximum absolute atomic E-state index is 14.7. The number of aromatic nitrogens is 2. The first kappa shape index (κ1) is 23.6. The Bertz CT molecular complexity index is 1180. The summed E-state index contributed by atoms with van der Waals surface area (Å²) in [6.45, 7) is 1.34. The molecule has 2 aromatic rings. The Kier molecular flexibility index (Phi) is 5.97. The minimum atomic E-state index is -4.84. The van der Waals surface area contributed by atoms with Gasteiger partial charge in [0.2, 0.25) is 5.60 Å². The highest BCUT2D eigenvalue weighted by Gasteiger charge is 2.59. The Morgan fingerprint density at radius 2 is 2.03 bits per heavy atom. The summed E-state index contributed by atoms with van der Waals surface area (Å²) >= 11 is 5.93. The summed E-state index contributed by atoms with van der Waals surface area (Å²) in [6, 6.07) is 5.14. The Morgan fingerprint density at radius 1 is 1.34 bits per heavy atom. The van der Waals surface area contributed by atoms with Crippen LogP contribution in [0.1, 0.15) is 36.5 Å². The standard InChI is InChI=1S/C20H15ClF5N5O/c1-18(9-32-19(2,17(28)31-18)20(24,25)26)16-13(22)4-3-11(30-16)6-14(23)15-12(21)5-10(7-27)8-29-15/h3-6,8H,9H2,1-2H3,(H2,28,31)/b14-6-/t18-,19+/m0/s1. The number of hydrogen-bond donors (Lipinski definition) is 1. The molecule has 0 saturated heterocycles. The summed E-state index contributed by atoms with van der Waals surface area (Å²) in [6.07, 6.45) is -2.81. The van der Waals surface area contributed by atoms with Crippen molar-refractivity contribution in [1.29, 1.82) is 5.26 Å². The fraction of sp³-hybridized carbons (Fsp3) is 0.300. The second-order valence-electron chi connectivity index (χ2n) is 7.32. The van der Waals surface area contributed by atoms with Crippen molar-refractivity contribution in [3.8, 4) is 6.07 Å². The van der Waals surface area contributed by atoms with E-state index >= 15 is 0 Å².